The van der Waals surface area contributed by atoms with Crippen LogP contribution in [0.1, 0.15) is 18.9 Å². The molecule has 0 saturated heterocycles. The van der Waals surface area contributed by atoms with Crippen molar-refractivity contribution >= 4 is 70.0 Å². The second-order valence-corrected chi connectivity index (χ2v) is 12.5. The zero-order valence-corrected chi connectivity index (χ0v) is 21.5. The molecule has 0 fully saturated rings. The van der Waals surface area contributed by atoms with E-state index < -0.39 is 0 Å². The highest BCUT2D eigenvalue weighted by molar-refractivity contribution is 14.2. The lowest BCUT2D eigenvalue weighted by Gasteiger charge is -2.40. The molecule has 1 unspecified atom stereocenters. The summed E-state index contributed by atoms with van der Waals surface area (Å²) in [6.45, 7) is 2.40. The zero-order chi connectivity index (χ0) is 21.6. The number of anilines is 2. The molecule has 0 N–H and O–H groups in total. The standard InChI is InChI=1S/C26H24ClIN2S/c1-26(15-8-16-27)23(17-24-29(2)20-11-6-7-12-22(20)31-24)28-30(3)21-14-13-18-9-4-5-10-19(18)25(21)26/h4-14,16-17H,15H2,1-3H3/b16-8+,24-17-. The summed E-state index contributed by atoms with van der Waals surface area (Å²) in [4.78, 5) is 3.65. The fourth-order valence-electron chi connectivity index (χ4n) is 4.51. The average molecular weight is 559 g/mol. The predicted molar refractivity (Wildman–Crippen MR) is 147 cm³/mol. The van der Waals surface area contributed by atoms with Gasteiger partial charge in [-0.05, 0) is 47.0 Å². The molecule has 0 aliphatic carbocycles. The van der Waals surface area contributed by atoms with Crippen LogP contribution in [0.15, 0.2) is 88.3 Å². The van der Waals surface area contributed by atoms with Crippen LogP contribution in [-0.4, -0.2) is 17.6 Å². The number of thioether (sulfide) groups is 1. The lowest BCUT2D eigenvalue weighted by molar-refractivity contribution is 0.667. The van der Waals surface area contributed by atoms with E-state index in [0.717, 1.165) is 6.42 Å². The molecule has 0 bridgehead atoms. The van der Waals surface area contributed by atoms with Crippen LogP contribution in [0.2, 0.25) is 0 Å². The molecule has 158 valence electrons. The SMILES string of the molecule is CN1I=C(/C=C2\Sc3ccccc3N2C)C(C)(C/C=C/Cl)c2c1ccc1ccccc21. The van der Waals surface area contributed by atoms with Gasteiger partial charge in [0.25, 0.3) is 0 Å². The largest absolute Gasteiger partial charge is 0.338 e. The molecule has 3 aromatic rings. The van der Waals surface area contributed by atoms with E-state index in [1.807, 2.05) is 11.8 Å². The molecule has 0 amide bonds. The van der Waals surface area contributed by atoms with Crippen molar-refractivity contribution in [3.63, 3.8) is 0 Å². The van der Waals surface area contributed by atoms with E-state index in [9.17, 15) is 0 Å². The van der Waals surface area contributed by atoms with Crippen molar-refractivity contribution in [3.05, 3.63) is 88.9 Å². The van der Waals surface area contributed by atoms with Crippen molar-refractivity contribution in [1.29, 1.82) is 0 Å². The first-order chi connectivity index (χ1) is 15.0. The number of fused-ring (bicyclic) bond motifs is 4. The van der Waals surface area contributed by atoms with Crippen LogP contribution in [0.3, 0.4) is 0 Å². The van der Waals surface area contributed by atoms with E-state index in [1.54, 1.807) is 5.54 Å². The number of benzene rings is 3. The Morgan fingerprint density at radius 1 is 1.00 bits per heavy atom. The predicted octanol–water partition coefficient (Wildman–Crippen LogP) is 7.83. The van der Waals surface area contributed by atoms with Crippen molar-refractivity contribution in [1.82, 2.24) is 0 Å². The third-order valence-corrected chi connectivity index (χ3v) is 10.8. The van der Waals surface area contributed by atoms with Crippen LogP contribution < -0.4 is 8.01 Å². The van der Waals surface area contributed by atoms with Gasteiger partial charge < -0.3 is 8.01 Å². The zero-order valence-electron chi connectivity index (χ0n) is 17.8. The number of rotatable bonds is 3. The average Bonchev–Trinajstić information content (AvgIpc) is 3.11. The van der Waals surface area contributed by atoms with E-state index in [-0.39, 0.29) is 26.4 Å². The summed E-state index contributed by atoms with van der Waals surface area (Å²) in [5.74, 6) is 0. The van der Waals surface area contributed by atoms with Gasteiger partial charge in [-0.25, -0.2) is 0 Å². The quantitative estimate of drug-likeness (QED) is 0.239. The summed E-state index contributed by atoms with van der Waals surface area (Å²) in [6.07, 6.45) is 5.47. The van der Waals surface area contributed by atoms with Crippen LogP contribution in [-0.2, 0) is 5.41 Å². The summed E-state index contributed by atoms with van der Waals surface area (Å²) in [6, 6.07) is 22.0. The monoisotopic (exact) mass is 558 g/mol. The molecule has 2 nitrogen and oxygen atoms in total. The first kappa shape index (κ1) is 21.1. The minimum Gasteiger partial charge on any atom is -0.338 e. The van der Waals surface area contributed by atoms with Crippen LogP contribution in [0, 0.1) is 0 Å². The molecule has 1 atom stereocenters. The minimum absolute atomic E-state index is 0.0927. The Hall–Kier alpha value is -1.76. The summed E-state index contributed by atoms with van der Waals surface area (Å²) in [7, 11) is 4.42. The van der Waals surface area contributed by atoms with Gasteiger partial charge in [0.2, 0.25) is 0 Å². The normalized spacial score (nSPS) is 21.9. The molecule has 0 radical (unpaired) electrons. The molecule has 2 aliphatic rings. The van der Waals surface area contributed by atoms with Crippen molar-refractivity contribution in [2.45, 2.75) is 23.7 Å². The van der Waals surface area contributed by atoms with Crippen LogP contribution >= 0.6 is 44.4 Å². The van der Waals surface area contributed by atoms with E-state index in [0.29, 0.717) is 0 Å². The van der Waals surface area contributed by atoms with Gasteiger partial charge in [-0.1, -0.05) is 78.8 Å². The number of halogens is 2. The smallest absolute Gasteiger partial charge is 0.0806 e. The van der Waals surface area contributed by atoms with Gasteiger partial charge in [-0.2, -0.15) is 0 Å². The molecule has 5 rings (SSSR count). The molecule has 0 saturated carbocycles. The Labute approximate surface area is 203 Å². The second-order valence-electron chi connectivity index (χ2n) is 8.10. The second kappa shape index (κ2) is 8.30. The van der Waals surface area contributed by atoms with Gasteiger partial charge >= 0.3 is 0 Å². The number of hydrogen-bond acceptors (Lipinski definition) is 3. The van der Waals surface area contributed by atoms with Crippen LogP contribution in [0.4, 0.5) is 11.4 Å². The minimum atomic E-state index is -0.325. The molecular formula is C26H24ClIN2S. The van der Waals surface area contributed by atoms with E-state index in [4.69, 9.17) is 11.6 Å². The number of nitrogens with zero attached hydrogens (tertiary/aromatic N) is 2. The molecule has 0 aromatic heterocycles. The summed E-state index contributed by atoms with van der Waals surface area (Å²) < 4.78 is 4.01. The third-order valence-electron chi connectivity index (χ3n) is 6.17. The van der Waals surface area contributed by atoms with E-state index >= 15 is 0 Å². The van der Waals surface area contributed by atoms with Crippen molar-refractivity contribution < 1.29 is 0 Å². The Bertz CT molecular complexity index is 1270. The summed E-state index contributed by atoms with van der Waals surface area (Å²) in [5, 5.41) is 3.93. The number of allylic oxidation sites excluding steroid dienone is 2. The highest BCUT2D eigenvalue weighted by Gasteiger charge is 2.38. The van der Waals surface area contributed by atoms with Gasteiger partial charge in [-0.3, -0.25) is 0 Å². The molecule has 0 spiro atoms. The fourth-order valence-corrected chi connectivity index (χ4v) is 8.80. The molecule has 2 heterocycles. The van der Waals surface area contributed by atoms with E-state index in [2.05, 4.69) is 102 Å². The van der Waals surface area contributed by atoms with Gasteiger partial charge in [0.1, 0.15) is 0 Å². The van der Waals surface area contributed by atoms with Crippen molar-refractivity contribution in [3.8, 4) is 0 Å². The fraction of sp³-hybridized carbons (Fsp3) is 0.192. The van der Waals surface area contributed by atoms with Gasteiger partial charge in [0.05, 0.1) is 10.7 Å². The lowest BCUT2D eigenvalue weighted by atomic mass is 9.74. The van der Waals surface area contributed by atoms with Gasteiger partial charge in [0.15, 0.2) is 0 Å². The molecule has 31 heavy (non-hydrogen) atoms. The number of hydrogen-bond donors (Lipinski definition) is 0. The maximum Gasteiger partial charge on any atom is 0.0806 e. The van der Waals surface area contributed by atoms with Gasteiger partial charge in [0, 0.05) is 60.1 Å². The van der Waals surface area contributed by atoms with Crippen molar-refractivity contribution in [2.24, 2.45) is 0 Å². The topological polar surface area (TPSA) is 6.48 Å². The number of para-hydroxylation sites is 1. The first-order valence-corrected chi connectivity index (χ1v) is 13.6. The highest BCUT2D eigenvalue weighted by Crippen LogP contribution is 2.50. The van der Waals surface area contributed by atoms with E-state index in [1.165, 1.54) is 41.1 Å². The van der Waals surface area contributed by atoms with Crippen molar-refractivity contribution in [2.75, 3.05) is 22.1 Å². The Morgan fingerprint density at radius 2 is 1.77 bits per heavy atom. The first-order valence-electron chi connectivity index (χ1n) is 10.3. The molecule has 5 heteroatoms. The maximum atomic E-state index is 6.04. The molecule has 2 aliphatic heterocycles. The molecular weight excluding hydrogens is 535 g/mol. The lowest BCUT2D eigenvalue weighted by Crippen LogP contribution is -2.36. The Balaban J connectivity index is 1.69. The van der Waals surface area contributed by atoms with Crippen LogP contribution in [0.25, 0.3) is 10.8 Å². The van der Waals surface area contributed by atoms with Gasteiger partial charge in [-0.15, -0.1) is 0 Å². The Morgan fingerprint density at radius 3 is 2.58 bits per heavy atom. The highest BCUT2D eigenvalue weighted by atomic mass is 127. The molecule has 3 aromatic carbocycles. The third kappa shape index (κ3) is 3.53. The Kier molecular flexibility index (Phi) is 5.65. The maximum absolute atomic E-state index is 6.04. The summed E-state index contributed by atoms with van der Waals surface area (Å²) in [5.41, 5.74) is 5.64. The van der Waals surface area contributed by atoms with Crippen LogP contribution in [0.5, 0.6) is 0 Å². The summed E-state index contributed by atoms with van der Waals surface area (Å²) >= 11 is 7.58.